The Balaban J connectivity index is 1.49. The van der Waals surface area contributed by atoms with Gasteiger partial charge in [0.25, 0.3) is 5.91 Å². The van der Waals surface area contributed by atoms with Crippen LogP contribution in [0.4, 0.5) is 0 Å². The lowest BCUT2D eigenvalue weighted by molar-refractivity contribution is 0.0117. The van der Waals surface area contributed by atoms with Crippen molar-refractivity contribution in [3.8, 4) is 5.75 Å². The van der Waals surface area contributed by atoms with Gasteiger partial charge in [0.2, 0.25) is 0 Å². The zero-order valence-electron chi connectivity index (χ0n) is 16.2. The average molecular weight is 383 g/mol. The number of nitrogens with one attached hydrogen (secondary N) is 2. The molecule has 148 valence electrons. The maximum atomic E-state index is 12.7. The molecule has 0 radical (unpaired) electrons. The normalized spacial score (nSPS) is 16.2. The van der Waals surface area contributed by atoms with Crippen molar-refractivity contribution in [1.82, 2.24) is 15.2 Å². The number of ether oxygens (including phenoxy) is 2. The van der Waals surface area contributed by atoms with Crippen LogP contribution in [0.2, 0.25) is 0 Å². The van der Waals surface area contributed by atoms with Crippen molar-refractivity contribution in [2.45, 2.75) is 13.0 Å². The molecule has 7 heteroatoms. The topological polar surface area (TPSA) is 79.7 Å². The standard InChI is InChI=1S/C21H25N3O4/c1-14-3-6-20(28-14)19(24-7-9-27-10-8-24)13-22-21(25)18-11-15-4-5-16(26-2)12-17(15)23-18/h3-6,11-12,19,23H,7-10,13H2,1-2H3,(H,22,25). The summed E-state index contributed by atoms with van der Waals surface area (Å²) in [5.74, 6) is 2.34. The minimum atomic E-state index is -0.142. The van der Waals surface area contributed by atoms with Crippen LogP contribution in [-0.2, 0) is 4.74 Å². The van der Waals surface area contributed by atoms with Gasteiger partial charge in [-0.1, -0.05) is 0 Å². The van der Waals surface area contributed by atoms with Crippen LogP contribution >= 0.6 is 0 Å². The first kappa shape index (κ1) is 18.6. The molecule has 1 fully saturated rings. The molecule has 0 saturated carbocycles. The van der Waals surface area contributed by atoms with E-state index in [0.29, 0.717) is 25.5 Å². The molecule has 1 aliphatic heterocycles. The van der Waals surface area contributed by atoms with Crippen molar-refractivity contribution < 1.29 is 18.7 Å². The molecule has 1 amide bonds. The highest BCUT2D eigenvalue weighted by Gasteiger charge is 2.26. The number of H-pyrrole nitrogens is 1. The van der Waals surface area contributed by atoms with E-state index in [2.05, 4.69) is 15.2 Å². The van der Waals surface area contributed by atoms with E-state index in [1.165, 1.54) is 0 Å². The van der Waals surface area contributed by atoms with Gasteiger partial charge in [0.1, 0.15) is 23.0 Å². The second-order valence-electron chi connectivity index (χ2n) is 6.96. The Labute approximate surface area is 163 Å². The summed E-state index contributed by atoms with van der Waals surface area (Å²) in [5, 5.41) is 4.02. The summed E-state index contributed by atoms with van der Waals surface area (Å²) in [6, 6.07) is 11.5. The van der Waals surface area contributed by atoms with E-state index in [9.17, 15) is 4.79 Å². The molecule has 1 atom stereocenters. The number of carbonyl (C=O) groups is 1. The Bertz CT molecular complexity index is 956. The number of fused-ring (bicyclic) bond motifs is 1. The van der Waals surface area contributed by atoms with E-state index in [1.807, 2.05) is 43.3 Å². The maximum absolute atomic E-state index is 12.7. The second-order valence-corrected chi connectivity index (χ2v) is 6.96. The first-order valence-corrected chi connectivity index (χ1v) is 9.47. The van der Waals surface area contributed by atoms with Crippen LogP contribution < -0.4 is 10.1 Å². The molecule has 0 bridgehead atoms. The summed E-state index contributed by atoms with van der Waals surface area (Å²) in [4.78, 5) is 18.2. The number of rotatable bonds is 6. The molecular formula is C21H25N3O4. The van der Waals surface area contributed by atoms with Crippen LogP contribution in [0.5, 0.6) is 5.75 Å². The summed E-state index contributed by atoms with van der Waals surface area (Å²) in [5.41, 5.74) is 1.40. The Morgan fingerprint density at radius 3 is 2.79 bits per heavy atom. The van der Waals surface area contributed by atoms with Crippen molar-refractivity contribution in [1.29, 1.82) is 0 Å². The van der Waals surface area contributed by atoms with Crippen LogP contribution in [0, 0.1) is 6.92 Å². The van der Waals surface area contributed by atoms with E-state index in [0.717, 1.165) is 41.3 Å². The number of morpholine rings is 1. The monoisotopic (exact) mass is 383 g/mol. The molecular weight excluding hydrogens is 358 g/mol. The number of aromatic nitrogens is 1. The lowest BCUT2D eigenvalue weighted by atomic mass is 10.1. The maximum Gasteiger partial charge on any atom is 0.267 e. The van der Waals surface area contributed by atoms with Crippen LogP contribution in [0.3, 0.4) is 0 Å². The average Bonchev–Trinajstić information content (AvgIpc) is 3.34. The highest BCUT2D eigenvalue weighted by Crippen LogP contribution is 2.24. The fourth-order valence-electron chi connectivity index (χ4n) is 3.57. The van der Waals surface area contributed by atoms with Gasteiger partial charge >= 0.3 is 0 Å². The van der Waals surface area contributed by atoms with Crippen molar-refractivity contribution in [2.75, 3.05) is 40.0 Å². The van der Waals surface area contributed by atoms with Crippen LogP contribution in [0.25, 0.3) is 10.9 Å². The molecule has 7 nitrogen and oxygen atoms in total. The molecule has 2 aromatic heterocycles. The van der Waals surface area contributed by atoms with Crippen molar-refractivity contribution in [2.24, 2.45) is 0 Å². The van der Waals surface area contributed by atoms with Gasteiger partial charge in [0, 0.05) is 36.6 Å². The zero-order valence-corrected chi connectivity index (χ0v) is 16.2. The SMILES string of the molecule is COc1ccc2cc(C(=O)NCC(c3ccc(C)o3)N3CCOCC3)[nH]c2c1. The fourth-order valence-corrected chi connectivity index (χ4v) is 3.57. The first-order valence-electron chi connectivity index (χ1n) is 9.47. The number of furan rings is 1. The van der Waals surface area contributed by atoms with Gasteiger partial charge in [0.15, 0.2) is 0 Å². The largest absolute Gasteiger partial charge is 0.497 e. The number of amides is 1. The minimum absolute atomic E-state index is 0.0222. The third kappa shape index (κ3) is 3.90. The van der Waals surface area contributed by atoms with Gasteiger partial charge in [-0.3, -0.25) is 9.69 Å². The van der Waals surface area contributed by atoms with E-state index in [1.54, 1.807) is 7.11 Å². The summed E-state index contributed by atoms with van der Waals surface area (Å²) < 4.78 is 16.6. The number of aryl methyl sites for hydroxylation is 1. The Hall–Kier alpha value is -2.77. The third-order valence-corrected chi connectivity index (χ3v) is 5.11. The minimum Gasteiger partial charge on any atom is -0.497 e. The molecule has 1 saturated heterocycles. The Morgan fingerprint density at radius 1 is 1.25 bits per heavy atom. The van der Waals surface area contributed by atoms with E-state index in [-0.39, 0.29) is 11.9 Å². The fraction of sp³-hybridized carbons (Fsp3) is 0.381. The van der Waals surface area contributed by atoms with Gasteiger partial charge < -0.3 is 24.2 Å². The number of methoxy groups -OCH3 is 1. The quantitative estimate of drug-likeness (QED) is 0.684. The first-order chi connectivity index (χ1) is 13.6. The molecule has 3 aromatic rings. The molecule has 1 unspecified atom stereocenters. The van der Waals surface area contributed by atoms with Gasteiger partial charge in [-0.05, 0) is 37.3 Å². The van der Waals surface area contributed by atoms with Gasteiger partial charge in [-0.25, -0.2) is 0 Å². The third-order valence-electron chi connectivity index (χ3n) is 5.11. The van der Waals surface area contributed by atoms with E-state index < -0.39 is 0 Å². The Kier molecular flexibility index (Phi) is 5.36. The van der Waals surface area contributed by atoms with Gasteiger partial charge in [-0.15, -0.1) is 0 Å². The molecule has 4 rings (SSSR count). The zero-order chi connectivity index (χ0) is 19.5. The molecule has 0 spiro atoms. The summed E-state index contributed by atoms with van der Waals surface area (Å²) in [7, 11) is 1.62. The molecule has 28 heavy (non-hydrogen) atoms. The number of hydrogen-bond donors (Lipinski definition) is 2. The van der Waals surface area contributed by atoms with Crippen molar-refractivity contribution in [3.05, 3.63) is 53.6 Å². The molecule has 1 aliphatic rings. The summed E-state index contributed by atoms with van der Waals surface area (Å²) in [6.45, 7) is 5.39. The number of hydrogen-bond acceptors (Lipinski definition) is 5. The number of benzene rings is 1. The van der Waals surface area contributed by atoms with Crippen LogP contribution in [-0.4, -0.2) is 55.7 Å². The number of aromatic amines is 1. The highest BCUT2D eigenvalue weighted by atomic mass is 16.5. The van der Waals surface area contributed by atoms with Crippen molar-refractivity contribution >= 4 is 16.8 Å². The summed E-state index contributed by atoms with van der Waals surface area (Å²) >= 11 is 0. The van der Waals surface area contributed by atoms with Crippen LogP contribution in [0.1, 0.15) is 28.1 Å². The van der Waals surface area contributed by atoms with E-state index in [4.69, 9.17) is 13.9 Å². The summed E-state index contributed by atoms with van der Waals surface area (Å²) in [6.07, 6.45) is 0. The second kappa shape index (κ2) is 8.08. The predicted octanol–water partition coefficient (Wildman–Crippen LogP) is 2.88. The van der Waals surface area contributed by atoms with Crippen molar-refractivity contribution in [3.63, 3.8) is 0 Å². The predicted molar refractivity (Wildman–Crippen MR) is 106 cm³/mol. The van der Waals surface area contributed by atoms with Crippen LogP contribution in [0.15, 0.2) is 40.8 Å². The molecule has 0 aliphatic carbocycles. The highest BCUT2D eigenvalue weighted by molar-refractivity contribution is 5.98. The smallest absolute Gasteiger partial charge is 0.267 e. The lowest BCUT2D eigenvalue weighted by Gasteiger charge is -2.33. The molecule has 3 heterocycles. The molecule has 2 N–H and O–H groups in total. The van der Waals surface area contributed by atoms with Gasteiger partial charge in [-0.2, -0.15) is 0 Å². The lowest BCUT2D eigenvalue weighted by Crippen LogP contribution is -2.43. The Morgan fingerprint density at radius 2 is 2.07 bits per heavy atom. The van der Waals surface area contributed by atoms with Gasteiger partial charge in [0.05, 0.1) is 26.4 Å². The number of carbonyl (C=O) groups excluding carboxylic acids is 1. The van der Waals surface area contributed by atoms with E-state index >= 15 is 0 Å². The number of nitrogens with zero attached hydrogens (tertiary/aromatic N) is 1. The molecule has 1 aromatic carbocycles.